The maximum atomic E-state index is 12.7. The molecule has 0 aliphatic carbocycles. The molecule has 33 heavy (non-hydrogen) atoms. The Labute approximate surface area is 186 Å². The molecule has 1 aliphatic heterocycles. The molecule has 0 spiro atoms. The molecule has 2 atom stereocenters. The van der Waals surface area contributed by atoms with Gasteiger partial charge in [-0.3, -0.25) is 4.79 Å². The second kappa shape index (κ2) is 8.08. The van der Waals surface area contributed by atoms with Gasteiger partial charge in [-0.2, -0.15) is 13.2 Å². The van der Waals surface area contributed by atoms with Crippen LogP contribution in [0.5, 0.6) is 5.75 Å². The van der Waals surface area contributed by atoms with Gasteiger partial charge >= 0.3 is 11.8 Å². The van der Waals surface area contributed by atoms with E-state index >= 15 is 0 Å². The molecule has 6 nitrogen and oxygen atoms in total. The number of fused-ring (bicyclic) bond motifs is 2. The minimum absolute atomic E-state index is 0.306. The highest BCUT2D eigenvalue weighted by Crippen LogP contribution is 2.41. The lowest BCUT2D eigenvalue weighted by molar-refractivity contribution is -0.137. The average Bonchev–Trinajstić information content (AvgIpc) is 2.74. The van der Waals surface area contributed by atoms with Gasteiger partial charge in [0.15, 0.2) is 0 Å². The molecule has 172 valence electrons. The smallest absolute Gasteiger partial charge is 0.416 e. The van der Waals surface area contributed by atoms with Crippen LogP contribution in [0.15, 0.2) is 63.8 Å². The number of hydrogen-bond acceptors (Lipinski definition) is 5. The highest BCUT2D eigenvalue weighted by atomic mass is 19.4. The summed E-state index contributed by atoms with van der Waals surface area (Å²) in [6, 6.07) is 9.57. The standard InChI is InChI=1S/C24H20F3NO5/c1-23(2)22(31)21(16-11-14-6-10-20(30)32-17(14)12-18(16)33-23)28-19(29)9-5-13-3-7-15(8-4-13)24(25,26)27/h3-12,21-22,31H,1-2H3,(H,28,29)/b9-5+/t21-,22+/m1/s1. The molecule has 1 aliphatic rings. The number of aliphatic hydroxyl groups is 1. The van der Waals surface area contributed by atoms with Crippen LogP contribution in [0.2, 0.25) is 0 Å². The zero-order valence-corrected chi connectivity index (χ0v) is 17.6. The van der Waals surface area contributed by atoms with Gasteiger partial charge in [0.05, 0.1) is 11.6 Å². The first-order chi connectivity index (χ1) is 15.4. The van der Waals surface area contributed by atoms with E-state index in [1.807, 2.05) is 0 Å². The summed E-state index contributed by atoms with van der Waals surface area (Å²) in [5.74, 6) is -0.202. The lowest BCUT2D eigenvalue weighted by Crippen LogP contribution is -2.53. The van der Waals surface area contributed by atoms with Gasteiger partial charge in [0.25, 0.3) is 0 Å². The van der Waals surface area contributed by atoms with Crippen molar-refractivity contribution in [3.8, 4) is 5.75 Å². The quantitative estimate of drug-likeness (QED) is 0.453. The Morgan fingerprint density at radius 1 is 1.12 bits per heavy atom. The third-order valence-electron chi connectivity index (χ3n) is 5.45. The molecule has 0 bridgehead atoms. The van der Waals surface area contributed by atoms with Gasteiger partial charge in [0.2, 0.25) is 5.91 Å². The minimum Gasteiger partial charge on any atom is -0.485 e. The molecular formula is C24H20F3NO5. The van der Waals surface area contributed by atoms with E-state index in [9.17, 15) is 27.9 Å². The largest absolute Gasteiger partial charge is 0.485 e. The summed E-state index contributed by atoms with van der Waals surface area (Å²) in [5, 5.41) is 14.2. The topological polar surface area (TPSA) is 88.8 Å². The van der Waals surface area contributed by atoms with Crippen molar-refractivity contribution in [1.29, 1.82) is 0 Å². The summed E-state index contributed by atoms with van der Waals surface area (Å²) in [6.45, 7) is 3.31. The van der Waals surface area contributed by atoms with Crippen molar-refractivity contribution in [2.75, 3.05) is 0 Å². The molecule has 1 amide bonds. The van der Waals surface area contributed by atoms with Gasteiger partial charge in [-0.15, -0.1) is 0 Å². The van der Waals surface area contributed by atoms with Gasteiger partial charge in [0, 0.05) is 29.2 Å². The molecule has 0 saturated carbocycles. The summed E-state index contributed by atoms with van der Waals surface area (Å²) in [5.41, 5.74) is -1.15. The fourth-order valence-corrected chi connectivity index (χ4v) is 3.67. The fourth-order valence-electron chi connectivity index (χ4n) is 3.67. The number of halogens is 3. The predicted octanol–water partition coefficient (Wildman–Crippen LogP) is 4.21. The molecule has 0 radical (unpaired) electrons. The third-order valence-corrected chi connectivity index (χ3v) is 5.45. The van der Waals surface area contributed by atoms with Crippen LogP contribution in [0.3, 0.4) is 0 Å². The van der Waals surface area contributed by atoms with E-state index in [1.165, 1.54) is 36.4 Å². The van der Waals surface area contributed by atoms with Gasteiger partial charge in [-0.25, -0.2) is 4.79 Å². The van der Waals surface area contributed by atoms with Crippen LogP contribution in [0.1, 0.15) is 36.6 Å². The highest BCUT2D eigenvalue weighted by Gasteiger charge is 2.43. The van der Waals surface area contributed by atoms with E-state index in [0.29, 0.717) is 27.8 Å². The molecule has 2 N–H and O–H groups in total. The molecule has 0 fully saturated rings. The molecule has 0 unspecified atom stereocenters. The number of amides is 1. The molecule has 0 saturated heterocycles. The number of nitrogens with one attached hydrogen (secondary N) is 1. The van der Waals surface area contributed by atoms with Gasteiger partial charge < -0.3 is 19.6 Å². The molecular weight excluding hydrogens is 439 g/mol. The van der Waals surface area contributed by atoms with Crippen molar-refractivity contribution in [1.82, 2.24) is 5.32 Å². The normalized spacial score (nSPS) is 19.8. The van der Waals surface area contributed by atoms with Gasteiger partial charge in [-0.05, 0) is 49.8 Å². The highest BCUT2D eigenvalue weighted by molar-refractivity contribution is 5.92. The van der Waals surface area contributed by atoms with Crippen LogP contribution in [0.25, 0.3) is 17.0 Å². The molecule has 1 aromatic heterocycles. The van der Waals surface area contributed by atoms with Crippen molar-refractivity contribution >= 4 is 23.0 Å². The second-order valence-corrected chi connectivity index (χ2v) is 8.27. The first-order valence-corrected chi connectivity index (χ1v) is 10.0. The molecule has 4 rings (SSSR count). The van der Waals surface area contributed by atoms with E-state index in [0.717, 1.165) is 12.1 Å². The second-order valence-electron chi connectivity index (χ2n) is 8.27. The number of ether oxygens (including phenoxy) is 1. The minimum atomic E-state index is -4.44. The summed E-state index contributed by atoms with van der Waals surface area (Å²) in [6.07, 6.45) is -2.99. The van der Waals surface area contributed by atoms with E-state index in [2.05, 4.69) is 5.32 Å². The maximum absolute atomic E-state index is 12.7. The predicted molar refractivity (Wildman–Crippen MR) is 115 cm³/mol. The molecule has 3 aromatic rings. The average molecular weight is 459 g/mol. The fraction of sp³-hybridized carbons (Fsp3) is 0.250. The summed E-state index contributed by atoms with van der Waals surface area (Å²) < 4.78 is 49.2. The summed E-state index contributed by atoms with van der Waals surface area (Å²) in [4.78, 5) is 24.1. The number of hydrogen-bond donors (Lipinski definition) is 2. The Hall–Kier alpha value is -3.59. The van der Waals surface area contributed by atoms with Crippen LogP contribution in [-0.2, 0) is 11.0 Å². The Morgan fingerprint density at radius 3 is 2.48 bits per heavy atom. The maximum Gasteiger partial charge on any atom is 0.416 e. The molecule has 2 heterocycles. The van der Waals surface area contributed by atoms with Crippen LogP contribution >= 0.6 is 0 Å². The Bertz CT molecular complexity index is 1290. The van der Waals surface area contributed by atoms with Crippen molar-refractivity contribution in [2.45, 2.75) is 37.8 Å². The number of rotatable bonds is 3. The number of carbonyl (C=O) groups is 1. The lowest BCUT2D eigenvalue weighted by atomic mass is 9.86. The Balaban J connectivity index is 1.60. The first kappa shape index (κ1) is 22.6. The summed E-state index contributed by atoms with van der Waals surface area (Å²) >= 11 is 0. The van der Waals surface area contributed by atoms with E-state index in [1.54, 1.807) is 26.0 Å². The molecule has 2 aromatic carbocycles. The summed E-state index contributed by atoms with van der Waals surface area (Å²) in [7, 11) is 0. The van der Waals surface area contributed by atoms with Crippen LogP contribution < -0.4 is 15.7 Å². The molecule has 9 heteroatoms. The van der Waals surface area contributed by atoms with Gasteiger partial charge in [0.1, 0.15) is 23.0 Å². The van der Waals surface area contributed by atoms with Crippen LogP contribution in [0.4, 0.5) is 13.2 Å². The van der Waals surface area contributed by atoms with Crippen LogP contribution in [-0.4, -0.2) is 22.7 Å². The van der Waals surface area contributed by atoms with Gasteiger partial charge in [-0.1, -0.05) is 12.1 Å². The number of benzene rings is 2. The van der Waals surface area contributed by atoms with E-state index in [-0.39, 0.29) is 0 Å². The third kappa shape index (κ3) is 4.63. The first-order valence-electron chi connectivity index (χ1n) is 10.0. The number of alkyl halides is 3. The number of carbonyl (C=O) groups excluding carboxylic acids is 1. The Kier molecular flexibility index (Phi) is 5.53. The van der Waals surface area contributed by atoms with E-state index < -0.39 is 41.0 Å². The van der Waals surface area contributed by atoms with Crippen molar-refractivity contribution in [3.05, 3.63) is 81.7 Å². The van der Waals surface area contributed by atoms with E-state index in [4.69, 9.17) is 9.15 Å². The zero-order valence-electron chi connectivity index (χ0n) is 17.6. The van der Waals surface area contributed by atoms with Crippen LogP contribution in [0, 0.1) is 0 Å². The van der Waals surface area contributed by atoms with Crippen molar-refractivity contribution in [3.63, 3.8) is 0 Å². The SMILES string of the molecule is CC1(C)Oc2cc3oc(=O)ccc3cc2[C@@H](NC(=O)/C=C/c2ccc(C(F)(F)F)cc2)[C@@H]1O. The zero-order chi connectivity index (χ0) is 24.0. The van der Waals surface area contributed by atoms with Crippen molar-refractivity contribution in [2.24, 2.45) is 0 Å². The lowest BCUT2D eigenvalue weighted by Gasteiger charge is -2.42. The Morgan fingerprint density at radius 2 is 1.82 bits per heavy atom. The monoisotopic (exact) mass is 459 g/mol. The van der Waals surface area contributed by atoms with Crippen molar-refractivity contribution < 1.29 is 32.2 Å². The number of aliphatic hydroxyl groups excluding tert-OH is 1.